The molecule has 0 amide bonds. The van der Waals surface area contributed by atoms with Gasteiger partial charge in [-0.2, -0.15) is 0 Å². The minimum atomic E-state index is -2.32. The van der Waals surface area contributed by atoms with E-state index >= 15 is 0 Å². The van der Waals surface area contributed by atoms with E-state index in [4.69, 9.17) is 99.5 Å². The van der Waals surface area contributed by atoms with E-state index in [1.807, 2.05) is 0 Å². The minimum absolute atomic E-state index is 0.651. The second-order valence-corrected chi connectivity index (χ2v) is 27.0. The van der Waals surface area contributed by atoms with Gasteiger partial charge in [-0.15, -0.1) is 0 Å². The summed E-state index contributed by atoms with van der Waals surface area (Å²) >= 11 is 0. The van der Waals surface area contributed by atoms with Crippen LogP contribution >= 0.6 is 0 Å². The zero-order valence-electron chi connectivity index (χ0n) is 56.2. The van der Waals surface area contributed by atoms with Gasteiger partial charge < -0.3 is 217 Å². The number of rotatable bonds is 24. The van der Waals surface area contributed by atoms with Crippen molar-refractivity contribution in [2.75, 3.05) is 53.9 Å². The van der Waals surface area contributed by atoms with E-state index in [0.29, 0.717) is 0 Å². The lowest BCUT2D eigenvalue weighted by atomic mass is 9.94. The van der Waals surface area contributed by atoms with Gasteiger partial charge in [0, 0.05) is 14.2 Å². The number of ether oxygens (including phenoxy) is 21. The van der Waals surface area contributed by atoms with Gasteiger partial charge in [0.2, 0.25) is 0 Å². The fraction of sp³-hybridized carbons (Fsp3) is 1.00. The Balaban J connectivity index is 0.996. The molecule has 0 saturated carbocycles. The van der Waals surface area contributed by atoms with Crippen LogP contribution in [0.4, 0.5) is 0 Å². The third kappa shape index (κ3) is 17.3. The number of aliphatic hydroxyl groups is 23. The largest absolute Gasteiger partial charge is 0.394 e. The highest BCUT2D eigenvalue weighted by Gasteiger charge is 2.62. The molecule has 103 heavy (non-hydrogen) atoms. The van der Waals surface area contributed by atoms with Gasteiger partial charge in [-0.05, 0) is 27.7 Å². The lowest BCUT2D eigenvalue weighted by Crippen LogP contribution is -2.70. The molecule has 10 fully saturated rings. The minimum Gasteiger partial charge on any atom is -0.394 e. The lowest BCUT2D eigenvalue weighted by Gasteiger charge is -2.52. The average Bonchev–Trinajstić information content (AvgIpc) is 0.952. The van der Waals surface area contributed by atoms with E-state index in [1.165, 1.54) is 41.9 Å². The van der Waals surface area contributed by atoms with Gasteiger partial charge >= 0.3 is 0 Å². The van der Waals surface area contributed by atoms with Crippen molar-refractivity contribution in [3.05, 3.63) is 0 Å². The molecule has 0 aromatic heterocycles. The van der Waals surface area contributed by atoms with Crippen LogP contribution in [0.15, 0.2) is 0 Å². The molecule has 0 aliphatic carbocycles. The van der Waals surface area contributed by atoms with Crippen LogP contribution in [0.1, 0.15) is 27.7 Å². The van der Waals surface area contributed by atoms with E-state index in [0.717, 1.165) is 0 Å². The summed E-state index contributed by atoms with van der Waals surface area (Å²) in [7, 11) is 2.52. The number of methoxy groups -OCH3 is 2. The molecule has 0 aromatic carbocycles. The van der Waals surface area contributed by atoms with Crippen LogP contribution in [0.5, 0.6) is 0 Å². The zero-order chi connectivity index (χ0) is 75.2. The van der Waals surface area contributed by atoms with E-state index in [2.05, 4.69) is 0 Å². The highest BCUT2D eigenvalue weighted by atomic mass is 16.8. The summed E-state index contributed by atoms with van der Waals surface area (Å²) in [6.07, 6.45) is -88.1. The molecule has 0 bridgehead atoms. The fourth-order valence-corrected chi connectivity index (χ4v) is 13.9. The molecular formula is C59H100O44. The Morgan fingerprint density at radius 3 is 1.13 bits per heavy atom. The Morgan fingerprint density at radius 1 is 0.243 bits per heavy atom. The molecule has 44 nitrogen and oxygen atoms in total. The molecule has 10 saturated heterocycles. The molecule has 10 heterocycles. The summed E-state index contributed by atoms with van der Waals surface area (Å²) in [5.74, 6) is 0. The SMILES string of the molecule is CO[C@@H]1[C@@H](O)[C@H](C)O[C@@H](O[C@H]2[C@@H](O[C@@H]3CO[C@@H](O[C@H]4[C@@H](O[C@H]5O[C@H](C)[C@@H](O)[C@H](O[C@H]6O[C@H](CO)[C@@H](O)[C@H](O)[C@@H]6O)[C@@H]5O)[C@H](O[C@H]5O[C@H](CO)[C@H](O)[C@H](O)[C@H]5O)[C@H](O[C@@H]5[C@@H](O)[C@@H](O)O[C@H](CO)[C@H]5O[C@@H]5OC[C@@H](O)[C@H](O)[C@H]5O)O[C@H]4C)[C@H](O)[C@H]3O)O[C@@H](C)[C@H](O)[C@H]2O[C@H]2O[C@@H](CO)[C@H](O)[C@H]2O)[C@@H]1OC. The van der Waals surface area contributed by atoms with Crippen molar-refractivity contribution < 1.29 is 217 Å². The first-order valence-electron chi connectivity index (χ1n) is 33.6. The first-order chi connectivity index (χ1) is 48.8. The van der Waals surface area contributed by atoms with Crippen molar-refractivity contribution in [1.82, 2.24) is 0 Å². The second-order valence-electron chi connectivity index (χ2n) is 27.0. The molecule has 600 valence electrons. The Morgan fingerprint density at radius 2 is 0.592 bits per heavy atom. The molecule has 0 radical (unpaired) electrons. The summed E-state index contributed by atoms with van der Waals surface area (Å²) in [6.45, 7) is 0.00727. The monoisotopic (exact) mass is 1510 g/mol. The van der Waals surface area contributed by atoms with Crippen LogP contribution in [-0.4, -0.2) is 460 Å². The van der Waals surface area contributed by atoms with Gasteiger partial charge in [0.15, 0.2) is 62.9 Å². The van der Waals surface area contributed by atoms with Gasteiger partial charge in [-0.3, -0.25) is 0 Å². The van der Waals surface area contributed by atoms with Gasteiger partial charge in [-0.1, -0.05) is 0 Å². The quantitative estimate of drug-likeness (QED) is 0.0427. The number of hydrogen-bond acceptors (Lipinski definition) is 44. The fourth-order valence-electron chi connectivity index (χ4n) is 13.9. The second kappa shape index (κ2) is 35.7. The predicted molar refractivity (Wildman–Crippen MR) is 316 cm³/mol. The summed E-state index contributed by atoms with van der Waals surface area (Å²) in [5.41, 5.74) is 0. The number of hydrogen-bond donors (Lipinski definition) is 23. The molecule has 47 atom stereocenters. The first kappa shape index (κ1) is 83.7. The Bertz CT molecular complexity index is 2580. The maximum Gasteiger partial charge on any atom is 0.187 e. The third-order valence-electron chi connectivity index (χ3n) is 20.1. The van der Waals surface area contributed by atoms with Crippen molar-refractivity contribution in [2.45, 2.75) is 316 Å². The number of aliphatic hydroxyl groups excluding tert-OH is 23. The highest BCUT2D eigenvalue weighted by Crippen LogP contribution is 2.42. The van der Waals surface area contributed by atoms with Crippen LogP contribution < -0.4 is 0 Å². The highest BCUT2D eigenvalue weighted by molar-refractivity contribution is 5.03. The molecule has 10 rings (SSSR count). The summed E-state index contributed by atoms with van der Waals surface area (Å²) < 4.78 is 126. The smallest absolute Gasteiger partial charge is 0.187 e. The van der Waals surface area contributed by atoms with E-state index in [-0.39, 0.29) is 0 Å². The van der Waals surface area contributed by atoms with Gasteiger partial charge in [0.05, 0.1) is 64.1 Å². The molecule has 0 aromatic rings. The first-order valence-corrected chi connectivity index (χ1v) is 33.6. The molecule has 0 unspecified atom stereocenters. The van der Waals surface area contributed by atoms with Crippen molar-refractivity contribution in [1.29, 1.82) is 0 Å². The topological polar surface area (TPSA) is 659 Å². The zero-order valence-corrected chi connectivity index (χ0v) is 56.2. The van der Waals surface area contributed by atoms with Crippen LogP contribution in [-0.2, 0) is 99.5 Å². The Kier molecular flexibility index (Phi) is 29.0. The maximum absolute atomic E-state index is 12.3. The molecule has 10 aliphatic rings. The van der Waals surface area contributed by atoms with Crippen molar-refractivity contribution >= 4 is 0 Å². The average molecular weight is 1510 g/mol. The van der Waals surface area contributed by atoms with E-state index in [1.54, 1.807) is 0 Å². The molecule has 44 heteroatoms. The van der Waals surface area contributed by atoms with Crippen LogP contribution in [0, 0.1) is 0 Å². The molecule has 0 spiro atoms. The summed E-state index contributed by atoms with van der Waals surface area (Å²) in [4.78, 5) is 0. The third-order valence-corrected chi connectivity index (χ3v) is 20.1. The van der Waals surface area contributed by atoms with Crippen LogP contribution in [0.3, 0.4) is 0 Å². The maximum atomic E-state index is 12.3. The van der Waals surface area contributed by atoms with Gasteiger partial charge in [-0.25, -0.2) is 0 Å². The predicted octanol–water partition coefficient (Wildman–Crippen LogP) is -15.5. The van der Waals surface area contributed by atoms with Crippen molar-refractivity contribution in [3.63, 3.8) is 0 Å². The van der Waals surface area contributed by atoms with Crippen molar-refractivity contribution in [2.24, 2.45) is 0 Å². The molecule has 10 aliphatic heterocycles. The van der Waals surface area contributed by atoms with Crippen LogP contribution in [0.2, 0.25) is 0 Å². The summed E-state index contributed by atoms with van der Waals surface area (Å²) in [5, 5.41) is 254. The van der Waals surface area contributed by atoms with E-state index < -0.39 is 328 Å². The Labute approximate surface area is 585 Å². The molecular weight excluding hydrogens is 1410 g/mol. The van der Waals surface area contributed by atoms with Crippen LogP contribution in [0.25, 0.3) is 0 Å². The lowest BCUT2D eigenvalue weighted by molar-refractivity contribution is -0.422. The van der Waals surface area contributed by atoms with Crippen molar-refractivity contribution in [3.8, 4) is 0 Å². The normalized spacial score (nSPS) is 54.7. The molecule has 23 N–H and O–H groups in total. The van der Waals surface area contributed by atoms with E-state index in [9.17, 15) is 117 Å². The summed E-state index contributed by atoms with van der Waals surface area (Å²) in [6, 6.07) is 0. The van der Waals surface area contributed by atoms with Gasteiger partial charge in [0.1, 0.15) is 201 Å². The van der Waals surface area contributed by atoms with Gasteiger partial charge in [0.25, 0.3) is 0 Å². The standard InChI is InChI=1S/C59H100O44/c1-13-23(65)42(98-54-36(78)31(73)27(69)18(7-60)92-54)39(81)56(87-13)101-46-40(16(4)90-59(49(46)102-55-37(79)32(74)28(70)19(8-61)93-55)100-45-38(80)50(82)91-21(10-63)41(45)97-51-33(75)26(68)17(64)11-85-51)96-52-34(76)30(72)22(12-86-52)95-58-48(103-57-47(84-6)43(83-5)24(66)14(2)88-57)44(25(67)15(3)89-58)99-53-35(77)29(71)20(9-62)94-53/h13-82H,7-12H2,1-6H3/t13-,14+,15+,16+,17-,18-,19-,20+,21-,22-,23-,24+,25+,26+,27-,28+,29+,30+,31+,32+,33-,34-,35-,36+,37-,38-,39+,40-,41-,42+,43-,44-,45-,46-,47-,48-,49+,50+,51+,52+,53-,54-,55-,56-,57+,58-,59+/m1/s1. The Hall–Kier alpha value is -1.76.